The molecule has 4 nitrogen and oxygen atoms in total. The summed E-state index contributed by atoms with van der Waals surface area (Å²) in [5, 5.41) is 0. The molecule has 2 aliphatic rings. The van der Waals surface area contributed by atoms with Crippen LogP contribution in [0.5, 0.6) is 5.75 Å². The molecule has 1 aliphatic carbocycles. The van der Waals surface area contributed by atoms with Crippen LogP contribution in [-0.2, 0) is 17.8 Å². The van der Waals surface area contributed by atoms with E-state index < -0.39 is 0 Å². The van der Waals surface area contributed by atoms with Gasteiger partial charge in [-0.25, -0.2) is 0 Å². The zero-order valence-corrected chi connectivity index (χ0v) is 12.6. The van der Waals surface area contributed by atoms with Crippen molar-refractivity contribution < 1.29 is 13.9 Å². The highest BCUT2D eigenvalue weighted by Crippen LogP contribution is 2.49. The van der Waals surface area contributed by atoms with Crippen LogP contribution in [0.4, 0.5) is 0 Å². The van der Waals surface area contributed by atoms with E-state index >= 15 is 0 Å². The molecule has 2 aromatic rings. The highest BCUT2D eigenvalue weighted by atomic mass is 16.5. The molecular weight excluding hydrogens is 278 g/mol. The molecule has 1 aromatic carbocycles. The lowest BCUT2D eigenvalue weighted by atomic mass is 9.99. The van der Waals surface area contributed by atoms with Crippen LogP contribution in [0.3, 0.4) is 0 Å². The number of nitrogens with zero attached hydrogens (tertiary/aromatic N) is 1. The number of fused-ring (bicyclic) bond motifs is 1. The van der Waals surface area contributed by atoms with Crippen LogP contribution in [0, 0.1) is 5.92 Å². The maximum absolute atomic E-state index is 12.7. The number of carbonyl (C=O) groups excluding carboxylic acids is 1. The Morgan fingerprint density at radius 2 is 2.23 bits per heavy atom. The van der Waals surface area contributed by atoms with E-state index in [-0.39, 0.29) is 17.7 Å². The van der Waals surface area contributed by atoms with Gasteiger partial charge < -0.3 is 14.1 Å². The number of hydrogen-bond acceptors (Lipinski definition) is 3. The summed E-state index contributed by atoms with van der Waals surface area (Å²) >= 11 is 0. The number of furan rings is 1. The maximum Gasteiger partial charge on any atom is 0.226 e. The van der Waals surface area contributed by atoms with Crippen molar-refractivity contribution in [3.05, 3.63) is 53.5 Å². The maximum atomic E-state index is 12.7. The topological polar surface area (TPSA) is 42.7 Å². The molecule has 1 fully saturated rings. The van der Waals surface area contributed by atoms with Crippen LogP contribution in [0.25, 0.3) is 0 Å². The van der Waals surface area contributed by atoms with Gasteiger partial charge in [-0.3, -0.25) is 4.79 Å². The lowest BCUT2D eigenvalue weighted by molar-refractivity contribution is -0.133. The van der Waals surface area contributed by atoms with Gasteiger partial charge in [0.05, 0.1) is 13.4 Å². The number of hydrogen-bond donors (Lipinski definition) is 0. The van der Waals surface area contributed by atoms with Crippen LogP contribution < -0.4 is 4.74 Å². The molecule has 1 amide bonds. The number of methoxy groups -OCH3 is 1. The summed E-state index contributed by atoms with van der Waals surface area (Å²) in [6.45, 7) is 1.49. The predicted octanol–water partition coefficient (Wildman–Crippen LogP) is 2.98. The number of ether oxygens (including phenoxy) is 1. The highest BCUT2D eigenvalue weighted by Gasteiger charge is 2.47. The highest BCUT2D eigenvalue weighted by molar-refractivity contribution is 5.83. The van der Waals surface area contributed by atoms with Gasteiger partial charge in [0.25, 0.3) is 0 Å². The molecule has 4 rings (SSSR count). The zero-order chi connectivity index (χ0) is 15.1. The van der Waals surface area contributed by atoms with Crippen molar-refractivity contribution in [2.75, 3.05) is 13.7 Å². The second-order valence-electron chi connectivity index (χ2n) is 6.11. The summed E-state index contributed by atoms with van der Waals surface area (Å²) < 4.78 is 10.7. The molecule has 2 heterocycles. The number of benzene rings is 1. The van der Waals surface area contributed by atoms with Crippen molar-refractivity contribution in [3.63, 3.8) is 0 Å². The summed E-state index contributed by atoms with van der Waals surface area (Å²) in [5.74, 6) is 2.42. The third-order valence-electron chi connectivity index (χ3n) is 4.75. The molecule has 4 heteroatoms. The summed E-state index contributed by atoms with van der Waals surface area (Å²) in [5.41, 5.74) is 2.53. The van der Waals surface area contributed by atoms with Gasteiger partial charge in [0.1, 0.15) is 11.5 Å². The van der Waals surface area contributed by atoms with Gasteiger partial charge in [0.2, 0.25) is 5.91 Å². The smallest absolute Gasteiger partial charge is 0.226 e. The standard InChI is InChI=1S/C18H19NO3/c1-21-14-5-4-12-6-7-19(11-13(12)9-14)18(20)16-10-15(16)17-3-2-8-22-17/h2-5,8-9,15-16H,6-7,10-11H2,1H3/t15-,16+/m0/s1. The average Bonchev–Trinajstić information content (AvgIpc) is 3.17. The third kappa shape index (κ3) is 2.28. The van der Waals surface area contributed by atoms with E-state index in [9.17, 15) is 4.79 Å². The van der Waals surface area contributed by atoms with Gasteiger partial charge in [-0.05, 0) is 48.2 Å². The monoisotopic (exact) mass is 297 g/mol. The van der Waals surface area contributed by atoms with Gasteiger partial charge in [-0.1, -0.05) is 6.07 Å². The fourth-order valence-electron chi connectivity index (χ4n) is 3.37. The van der Waals surface area contributed by atoms with Gasteiger partial charge in [0.15, 0.2) is 0 Å². The van der Waals surface area contributed by atoms with Gasteiger partial charge in [0, 0.05) is 24.9 Å². The Hall–Kier alpha value is -2.23. The quantitative estimate of drug-likeness (QED) is 0.874. The van der Waals surface area contributed by atoms with E-state index in [1.165, 1.54) is 11.1 Å². The minimum absolute atomic E-state index is 0.0957. The van der Waals surface area contributed by atoms with Gasteiger partial charge in [-0.2, -0.15) is 0 Å². The van der Waals surface area contributed by atoms with Crippen molar-refractivity contribution in [3.8, 4) is 5.75 Å². The minimum Gasteiger partial charge on any atom is -0.497 e. The second-order valence-corrected chi connectivity index (χ2v) is 6.11. The first-order valence-electron chi connectivity index (χ1n) is 7.74. The van der Waals surface area contributed by atoms with E-state index in [4.69, 9.17) is 9.15 Å². The molecule has 1 aromatic heterocycles. The van der Waals surface area contributed by atoms with Gasteiger partial charge >= 0.3 is 0 Å². The molecule has 22 heavy (non-hydrogen) atoms. The summed E-state index contributed by atoms with van der Waals surface area (Å²) in [4.78, 5) is 14.7. The Bertz CT molecular complexity index is 692. The SMILES string of the molecule is COc1ccc2c(c1)CN(C(=O)[C@@H]1C[C@@H]1c1ccco1)CC2. The van der Waals surface area contributed by atoms with Crippen molar-refractivity contribution in [1.82, 2.24) is 4.90 Å². The van der Waals surface area contributed by atoms with Crippen LogP contribution in [-0.4, -0.2) is 24.5 Å². The van der Waals surface area contributed by atoms with Crippen LogP contribution >= 0.6 is 0 Å². The van der Waals surface area contributed by atoms with Crippen LogP contribution in [0.2, 0.25) is 0 Å². The van der Waals surface area contributed by atoms with Crippen LogP contribution in [0.15, 0.2) is 41.0 Å². The molecule has 0 N–H and O–H groups in total. The molecule has 0 radical (unpaired) electrons. The van der Waals surface area contributed by atoms with E-state index in [2.05, 4.69) is 6.07 Å². The van der Waals surface area contributed by atoms with E-state index in [0.717, 1.165) is 30.9 Å². The normalized spacial score (nSPS) is 23.0. The molecular formula is C18H19NO3. The van der Waals surface area contributed by atoms with Crippen molar-refractivity contribution in [2.24, 2.45) is 5.92 Å². The van der Waals surface area contributed by atoms with E-state index in [0.29, 0.717) is 6.54 Å². The Morgan fingerprint density at radius 3 is 3.00 bits per heavy atom. The number of carbonyl (C=O) groups is 1. The lowest BCUT2D eigenvalue weighted by Gasteiger charge is -2.29. The molecule has 2 atom stereocenters. The second kappa shape index (κ2) is 5.20. The first-order valence-corrected chi connectivity index (χ1v) is 7.74. The molecule has 0 spiro atoms. The molecule has 1 saturated carbocycles. The Labute approximate surface area is 129 Å². The van der Waals surface area contributed by atoms with Crippen molar-refractivity contribution >= 4 is 5.91 Å². The Kier molecular flexibility index (Phi) is 3.17. The number of amides is 1. The molecule has 0 bridgehead atoms. The fraction of sp³-hybridized carbons (Fsp3) is 0.389. The summed E-state index contributed by atoms with van der Waals surface area (Å²) in [6.07, 6.45) is 3.51. The van der Waals surface area contributed by atoms with E-state index in [1.54, 1.807) is 13.4 Å². The molecule has 114 valence electrons. The minimum atomic E-state index is 0.0957. The molecule has 0 unspecified atom stereocenters. The third-order valence-corrected chi connectivity index (χ3v) is 4.75. The van der Waals surface area contributed by atoms with Gasteiger partial charge in [-0.15, -0.1) is 0 Å². The van der Waals surface area contributed by atoms with Crippen molar-refractivity contribution in [1.29, 1.82) is 0 Å². The summed E-state index contributed by atoms with van der Waals surface area (Å²) in [7, 11) is 1.67. The van der Waals surface area contributed by atoms with E-state index in [1.807, 2.05) is 29.2 Å². The summed E-state index contributed by atoms with van der Waals surface area (Å²) in [6, 6.07) is 10.0. The zero-order valence-electron chi connectivity index (χ0n) is 12.6. The fourth-order valence-corrected chi connectivity index (χ4v) is 3.37. The molecule has 1 aliphatic heterocycles. The first kappa shape index (κ1) is 13.4. The largest absolute Gasteiger partial charge is 0.497 e. The van der Waals surface area contributed by atoms with Crippen LogP contribution in [0.1, 0.15) is 29.2 Å². The lowest BCUT2D eigenvalue weighted by Crippen LogP contribution is -2.37. The van der Waals surface area contributed by atoms with Crippen molar-refractivity contribution in [2.45, 2.75) is 25.3 Å². The predicted molar refractivity (Wildman–Crippen MR) is 81.7 cm³/mol. The Morgan fingerprint density at radius 1 is 1.32 bits per heavy atom. The Balaban J connectivity index is 1.47. The molecule has 0 saturated heterocycles. The first-order chi connectivity index (χ1) is 10.8. The number of rotatable bonds is 3. The average molecular weight is 297 g/mol.